The number of hydrogen-bond donors (Lipinski definition) is 2. The van der Waals surface area contributed by atoms with E-state index in [1.165, 1.54) is 13.0 Å². The molecule has 0 radical (unpaired) electrons. The number of benzene rings is 2. The first kappa shape index (κ1) is 29.4. The van der Waals surface area contributed by atoms with Gasteiger partial charge in [0.25, 0.3) is 11.8 Å². The zero-order valence-electron chi connectivity index (χ0n) is 21.7. The van der Waals surface area contributed by atoms with Gasteiger partial charge < -0.3 is 19.7 Å². The summed E-state index contributed by atoms with van der Waals surface area (Å²) in [6, 6.07) is 7.18. The molecule has 1 aromatic heterocycles. The Morgan fingerprint density at radius 3 is 2.62 bits per heavy atom. The summed E-state index contributed by atoms with van der Waals surface area (Å²) in [6.07, 6.45) is 3.96. The number of furan rings is 1. The quantitative estimate of drug-likeness (QED) is 0.345. The fourth-order valence-corrected chi connectivity index (χ4v) is 5.59. The third kappa shape index (κ3) is 6.24. The van der Waals surface area contributed by atoms with E-state index >= 15 is 0 Å². The van der Waals surface area contributed by atoms with E-state index in [1.807, 2.05) is 12.1 Å². The Hall–Kier alpha value is -3.60. The summed E-state index contributed by atoms with van der Waals surface area (Å²) in [5.41, 5.74) is 2.52. The lowest BCUT2D eigenvalue weighted by Gasteiger charge is -2.30. The highest BCUT2D eigenvalue weighted by Gasteiger charge is 2.30. The molecule has 2 heterocycles. The Balaban J connectivity index is 1.52. The molecule has 12 heteroatoms. The van der Waals surface area contributed by atoms with Crippen LogP contribution in [0.25, 0.3) is 11.0 Å². The smallest absolute Gasteiger partial charge is 0.326 e. The van der Waals surface area contributed by atoms with Crippen molar-refractivity contribution in [3.63, 3.8) is 0 Å². The molecule has 0 unspecified atom stereocenters. The van der Waals surface area contributed by atoms with E-state index in [0.29, 0.717) is 35.2 Å². The van der Waals surface area contributed by atoms with E-state index in [1.54, 1.807) is 29.4 Å². The third-order valence-electron chi connectivity index (χ3n) is 6.68. The summed E-state index contributed by atoms with van der Waals surface area (Å²) in [5.74, 6) is -2.33. The van der Waals surface area contributed by atoms with E-state index < -0.39 is 27.8 Å². The van der Waals surface area contributed by atoms with Gasteiger partial charge in [0.2, 0.25) is 0 Å². The summed E-state index contributed by atoms with van der Waals surface area (Å²) in [6.45, 7) is 5.64. The Bertz CT molecular complexity index is 1690. The number of amides is 2. The Morgan fingerprint density at radius 1 is 1.23 bits per heavy atom. The predicted molar refractivity (Wildman–Crippen MR) is 152 cm³/mol. The maximum Gasteiger partial charge on any atom is 0.326 e. The van der Waals surface area contributed by atoms with Crippen molar-refractivity contribution >= 4 is 61.8 Å². The Labute approximate surface area is 241 Å². The van der Waals surface area contributed by atoms with Crippen LogP contribution >= 0.6 is 23.2 Å². The monoisotopic (exact) mass is 604 g/mol. The van der Waals surface area contributed by atoms with Crippen molar-refractivity contribution in [2.24, 2.45) is 0 Å². The molecule has 2 amide bonds. The second kappa shape index (κ2) is 11.5. The normalized spacial score (nSPS) is 14.5. The van der Waals surface area contributed by atoms with Crippen molar-refractivity contribution in [2.75, 3.05) is 12.8 Å². The number of fused-ring (bicyclic) bond motifs is 2. The van der Waals surface area contributed by atoms with Gasteiger partial charge in [0, 0.05) is 41.6 Å². The van der Waals surface area contributed by atoms with Crippen LogP contribution in [0.3, 0.4) is 0 Å². The van der Waals surface area contributed by atoms with Crippen molar-refractivity contribution in [2.45, 2.75) is 32.4 Å². The topological polar surface area (TPSA) is 134 Å². The SMILES string of the molecule is C=C(/C=C(\C)S(C)(=O)=O)C[C@H](NC(=O)c1c(Cl)cc2c(c1Cl)CCN(C(=O)c1ccc3ccoc3c1)C2)C(=O)O. The number of nitrogens with zero attached hydrogens (tertiary/aromatic N) is 1. The molecule has 2 aromatic carbocycles. The van der Waals surface area contributed by atoms with Gasteiger partial charge in [-0.25, -0.2) is 13.2 Å². The molecule has 4 rings (SSSR count). The number of carbonyl (C=O) groups is 3. The lowest BCUT2D eigenvalue weighted by Crippen LogP contribution is -2.41. The first-order valence-electron chi connectivity index (χ1n) is 12.1. The fourth-order valence-electron chi connectivity index (χ4n) is 4.45. The second-order valence-electron chi connectivity index (χ2n) is 9.59. The fraction of sp³-hybridized carbons (Fsp3) is 0.250. The summed E-state index contributed by atoms with van der Waals surface area (Å²) < 4.78 is 28.7. The van der Waals surface area contributed by atoms with Crippen LogP contribution in [0.1, 0.15) is 45.2 Å². The van der Waals surface area contributed by atoms with Crippen molar-refractivity contribution in [3.8, 4) is 0 Å². The van der Waals surface area contributed by atoms with Gasteiger partial charge in [-0.2, -0.15) is 0 Å². The van der Waals surface area contributed by atoms with Crippen LogP contribution < -0.4 is 5.32 Å². The Kier molecular flexibility index (Phi) is 8.44. The molecule has 0 saturated heterocycles. The lowest BCUT2D eigenvalue weighted by molar-refractivity contribution is -0.139. The minimum atomic E-state index is -3.47. The number of halogens is 2. The predicted octanol–water partition coefficient (Wildman–Crippen LogP) is 5.02. The van der Waals surface area contributed by atoms with Crippen molar-refractivity contribution in [3.05, 3.63) is 92.0 Å². The maximum absolute atomic E-state index is 13.2. The lowest BCUT2D eigenvalue weighted by atomic mass is 9.95. The van der Waals surface area contributed by atoms with Gasteiger partial charge in [-0.1, -0.05) is 41.4 Å². The summed E-state index contributed by atoms with van der Waals surface area (Å²) in [5, 5.41) is 13.0. The zero-order chi connectivity index (χ0) is 29.4. The number of carboxylic acids is 1. The molecule has 1 aliphatic heterocycles. The molecule has 1 atom stereocenters. The molecular weight excluding hydrogens is 579 g/mol. The molecule has 40 heavy (non-hydrogen) atoms. The minimum absolute atomic E-state index is 0.00309. The molecule has 2 N–H and O–H groups in total. The molecular formula is C28H26Cl2N2O7S. The van der Waals surface area contributed by atoms with Crippen LogP contribution in [-0.2, 0) is 27.6 Å². The number of rotatable bonds is 8. The van der Waals surface area contributed by atoms with E-state index in [4.69, 9.17) is 27.6 Å². The molecule has 1 aliphatic rings. The molecule has 0 fully saturated rings. The Morgan fingerprint density at radius 2 is 1.95 bits per heavy atom. The summed E-state index contributed by atoms with van der Waals surface area (Å²) >= 11 is 13.1. The van der Waals surface area contributed by atoms with Gasteiger partial charge in [0.1, 0.15) is 11.6 Å². The summed E-state index contributed by atoms with van der Waals surface area (Å²) in [4.78, 5) is 39.8. The third-order valence-corrected chi connectivity index (χ3v) is 8.69. The molecule has 0 aliphatic carbocycles. The molecule has 210 valence electrons. The van der Waals surface area contributed by atoms with Gasteiger partial charge >= 0.3 is 5.97 Å². The largest absolute Gasteiger partial charge is 0.480 e. The molecule has 9 nitrogen and oxygen atoms in total. The van der Waals surface area contributed by atoms with Crippen LogP contribution in [0.4, 0.5) is 0 Å². The van der Waals surface area contributed by atoms with Gasteiger partial charge in [-0.15, -0.1) is 0 Å². The highest BCUT2D eigenvalue weighted by atomic mass is 35.5. The minimum Gasteiger partial charge on any atom is -0.480 e. The van der Waals surface area contributed by atoms with Crippen LogP contribution in [0.15, 0.2) is 64.1 Å². The first-order valence-corrected chi connectivity index (χ1v) is 14.8. The number of allylic oxidation sites excluding steroid dienone is 2. The van der Waals surface area contributed by atoms with Gasteiger partial charge in [0.15, 0.2) is 9.84 Å². The number of aliphatic carboxylic acids is 1. The zero-order valence-corrected chi connectivity index (χ0v) is 24.0. The van der Waals surface area contributed by atoms with Gasteiger partial charge in [-0.3, -0.25) is 9.59 Å². The number of hydrogen-bond acceptors (Lipinski definition) is 6. The van der Waals surface area contributed by atoms with Crippen LogP contribution in [-0.4, -0.2) is 55.1 Å². The average molecular weight is 605 g/mol. The first-order chi connectivity index (χ1) is 18.8. The number of carbonyl (C=O) groups excluding carboxylic acids is 2. The van der Waals surface area contributed by atoms with Gasteiger partial charge in [0.05, 0.1) is 21.9 Å². The van der Waals surface area contributed by atoms with Crippen molar-refractivity contribution < 1.29 is 32.3 Å². The number of sulfone groups is 1. The second-order valence-corrected chi connectivity index (χ2v) is 12.6. The van der Waals surface area contributed by atoms with E-state index in [-0.39, 0.29) is 45.0 Å². The van der Waals surface area contributed by atoms with Crippen LogP contribution in [0.5, 0.6) is 0 Å². The molecule has 3 aromatic rings. The van der Waals surface area contributed by atoms with Crippen LogP contribution in [0, 0.1) is 0 Å². The van der Waals surface area contributed by atoms with Crippen LogP contribution in [0.2, 0.25) is 10.0 Å². The molecule has 0 saturated carbocycles. The number of carboxylic acid groups (broad SMARTS) is 1. The number of nitrogens with one attached hydrogen (secondary N) is 1. The van der Waals surface area contributed by atoms with Crippen molar-refractivity contribution in [1.29, 1.82) is 0 Å². The highest BCUT2D eigenvalue weighted by molar-refractivity contribution is 7.94. The van der Waals surface area contributed by atoms with E-state index in [9.17, 15) is 27.9 Å². The average Bonchev–Trinajstić information content (AvgIpc) is 3.35. The van der Waals surface area contributed by atoms with Crippen molar-refractivity contribution in [1.82, 2.24) is 10.2 Å². The van der Waals surface area contributed by atoms with E-state index in [0.717, 1.165) is 11.6 Å². The molecule has 0 spiro atoms. The van der Waals surface area contributed by atoms with E-state index in [2.05, 4.69) is 11.9 Å². The summed E-state index contributed by atoms with van der Waals surface area (Å²) in [7, 11) is -3.47. The standard InChI is InChI=1S/C28H26Cl2N2O7S/c1-15(10-16(2)40(3,37)38)11-22(28(35)36)31-26(33)24-21(29)12-19-14-32(8-6-20(19)25(24)30)27(34)18-5-4-17-7-9-39-23(17)13-18/h4-5,7,9-10,12-13,22H,1,6,8,11,14H2,2-3H3,(H,31,33)(H,35,36)/b16-10+/t22-/m0/s1. The molecule has 0 bridgehead atoms. The highest BCUT2D eigenvalue weighted by Crippen LogP contribution is 2.35. The maximum atomic E-state index is 13.2. The van der Waals surface area contributed by atoms with Gasteiger partial charge in [-0.05, 0) is 54.8 Å².